The molecule has 19 heavy (non-hydrogen) atoms. The van der Waals surface area contributed by atoms with Crippen LogP contribution in [0.5, 0.6) is 0 Å². The van der Waals surface area contributed by atoms with E-state index < -0.39 is 16.1 Å². The Hall–Kier alpha value is -0.850. The van der Waals surface area contributed by atoms with Gasteiger partial charge >= 0.3 is 0 Å². The second-order valence-electron chi connectivity index (χ2n) is 5.31. The Labute approximate surface area is 114 Å². The van der Waals surface area contributed by atoms with E-state index in [4.69, 9.17) is 4.42 Å². The molecule has 1 aromatic rings. The molecule has 108 valence electrons. The predicted octanol–water partition coefficient (Wildman–Crippen LogP) is 1.68. The number of rotatable bonds is 4. The largest absolute Gasteiger partial charge is 0.469 e. The molecule has 0 aromatic carbocycles. The van der Waals surface area contributed by atoms with Crippen LogP contribution in [0.1, 0.15) is 36.7 Å². The molecule has 1 N–H and O–H groups in total. The molecule has 0 aliphatic carbocycles. The first-order valence-corrected chi connectivity index (χ1v) is 8.40. The molecule has 1 fully saturated rings. The van der Waals surface area contributed by atoms with Crippen LogP contribution in [0.3, 0.4) is 0 Å². The summed E-state index contributed by atoms with van der Waals surface area (Å²) in [6, 6.07) is 1.77. The lowest BCUT2D eigenvalue weighted by Crippen LogP contribution is -2.39. The van der Waals surface area contributed by atoms with Crippen molar-refractivity contribution in [2.45, 2.75) is 32.3 Å². The van der Waals surface area contributed by atoms with Crippen LogP contribution in [-0.4, -0.2) is 37.2 Å². The normalized spacial score (nSPS) is 23.4. The van der Waals surface area contributed by atoms with Crippen molar-refractivity contribution in [3.05, 3.63) is 23.7 Å². The third-order valence-corrected chi connectivity index (χ3v) is 5.03. The van der Waals surface area contributed by atoms with Gasteiger partial charge in [-0.3, -0.25) is 0 Å². The average molecular weight is 287 g/mol. The van der Waals surface area contributed by atoms with E-state index in [-0.39, 0.29) is 5.92 Å². The molecular formula is C13H21NO4S. The van der Waals surface area contributed by atoms with Crippen molar-refractivity contribution in [1.82, 2.24) is 4.31 Å². The van der Waals surface area contributed by atoms with Gasteiger partial charge in [0.05, 0.1) is 18.6 Å². The molecule has 0 spiro atoms. The van der Waals surface area contributed by atoms with E-state index in [1.54, 1.807) is 12.3 Å². The van der Waals surface area contributed by atoms with Gasteiger partial charge in [-0.1, -0.05) is 0 Å². The van der Waals surface area contributed by atoms with Crippen molar-refractivity contribution in [3.63, 3.8) is 0 Å². The summed E-state index contributed by atoms with van der Waals surface area (Å²) in [5, 5.41) is 10.2. The number of furan rings is 1. The molecule has 0 amide bonds. The van der Waals surface area contributed by atoms with E-state index in [1.165, 1.54) is 10.6 Å². The van der Waals surface area contributed by atoms with E-state index in [0.717, 1.165) is 24.2 Å². The van der Waals surface area contributed by atoms with Crippen molar-refractivity contribution in [1.29, 1.82) is 0 Å². The number of aryl methyl sites for hydroxylation is 1. The summed E-state index contributed by atoms with van der Waals surface area (Å²) in [5.74, 6) is 0.927. The fraction of sp³-hybridized carbons (Fsp3) is 0.692. The Morgan fingerprint density at radius 2 is 2.32 bits per heavy atom. The van der Waals surface area contributed by atoms with Crippen LogP contribution < -0.4 is 0 Å². The SMILES string of the molecule is Cc1occc1C(O)CC1CCCN(S(C)(=O)=O)C1. The highest BCUT2D eigenvalue weighted by atomic mass is 32.2. The fourth-order valence-electron chi connectivity index (χ4n) is 2.70. The molecule has 0 saturated carbocycles. The monoisotopic (exact) mass is 287 g/mol. The highest BCUT2D eigenvalue weighted by Gasteiger charge is 2.28. The zero-order valence-corrected chi connectivity index (χ0v) is 12.2. The number of nitrogens with zero attached hydrogens (tertiary/aromatic N) is 1. The highest BCUT2D eigenvalue weighted by Crippen LogP contribution is 2.30. The van der Waals surface area contributed by atoms with Crippen LogP contribution in [0.2, 0.25) is 0 Å². The number of hydrogen-bond acceptors (Lipinski definition) is 4. The van der Waals surface area contributed by atoms with E-state index in [2.05, 4.69) is 0 Å². The lowest BCUT2D eigenvalue weighted by molar-refractivity contribution is 0.121. The lowest BCUT2D eigenvalue weighted by Gasteiger charge is -2.31. The first-order chi connectivity index (χ1) is 8.88. The third kappa shape index (κ3) is 3.58. The van der Waals surface area contributed by atoms with E-state index in [1.807, 2.05) is 6.92 Å². The number of piperidine rings is 1. The van der Waals surface area contributed by atoms with Gasteiger partial charge in [-0.25, -0.2) is 12.7 Å². The second kappa shape index (κ2) is 5.64. The standard InChI is InChI=1S/C13H21NO4S/c1-10-12(5-7-18-10)13(15)8-11-4-3-6-14(9-11)19(2,16)17/h5,7,11,13,15H,3-4,6,8-9H2,1-2H3. The van der Waals surface area contributed by atoms with Gasteiger partial charge in [0.15, 0.2) is 0 Å². The molecule has 1 aromatic heterocycles. The molecule has 2 rings (SSSR count). The maximum atomic E-state index is 11.5. The summed E-state index contributed by atoms with van der Waals surface area (Å²) < 4.78 is 29.8. The number of aliphatic hydroxyl groups is 1. The van der Waals surface area contributed by atoms with Gasteiger partial charge < -0.3 is 9.52 Å². The Morgan fingerprint density at radius 1 is 1.58 bits per heavy atom. The van der Waals surface area contributed by atoms with Crippen LogP contribution in [0.4, 0.5) is 0 Å². The molecule has 1 aliphatic heterocycles. The predicted molar refractivity (Wildman–Crippen MR) is 72.2 cm³/mol. The summed E-state index contributed by atoms with van der Waals surface area (Å²) in [4.78, 5) is 0. The summed E-state index contributed by atoms with van der Waals surface area (Å²) in [6.07, 6.45) is 4.62. The van der Waals surface area contributed by atoms with Gasteiger partial charge in [0.25, 0.3) is 0 Å². The number of aliphatic hydroxyl groups excluding tert-OH is 1. The molecule has 1 saturated heterocycles. The van der Waals surface area contributed by atoms with Crippen molar-refractivity contribution in [2.75, 3.05) is 19.3 Å². The van der Waals surface area contributed by atoms with Gasteiger partial charge in [0.1, 0.15) is 5.76 Å². The minimum absolute atomic E-state index is 0.202. The maximum Gasteiger partial charge on any atom is 0.211 e. The molecule has 2 atom stereocenters. The van der Waals surface area contributed by atoms with Crippen LogP contribution in [0.15, 0.2) is 16.7 Å². The summed E-state index contributed by atoms with van der Waals surface area (Å²) in [5.41, 5.74) is 0.802. The first kappa shape index (κ1) is 14.6. The Balaban J connectivity index is 1.98. The van der Waals surface area contributed by atoms with E-state index in [0.29, 0.717) is 19.5 Å². The van der Waals surface area contributed by atoms with Gasteiger partial charge in [-0.05, 0) is 38.2 Å². The Morgan fingerprint density at radius 3 is 2.89 bits per heavy atom. The summed E-state index contributed by atoms with van der Waals surface area (Å²) in [7, 11) is -3.12. The number of sulfonamides is 1. The van der Waals surface area contributed by atoms with Crippen LogP contribution in [0.25, 0.3) is 0 Å². The quantitative estimate of drug-likeness (QED) is 0.914. The Kier molecular flexibility index (Phi) is 4.32. The van der Waals surface area contributed by atoms with Crippen molar-refractivity contribution in [2.24, 2.45) is 5.92 Å². The molecule has 5 nitrogen and oxygen atoms in total. The van der Waals surface area contributed by atoms with Crippen molar-refractivity contribution >= 4 is 10.0 Å². The number of hydrogen-bond donors (Lipinski definition) is 1. The van der Waals surface area contributed by atoms with Gasteiger partial charge in [-0.2, -0.15) is 0 Å². The molecule has 0 radical (unpaired) electrons. The minimum Gasteiger partial charge on any atom is -0.469 e. The van der Waals surface area contributed by atoms with E-state index >= 15 is 0 Å². The lowest BCUT2D eigenvalue weighted by atomic mass is 9.91. The molecular weight excluding hydrogens is 266 g/mol. The van der Waals surface area contributed by atoms with Crippen molar-refractivity contribution < 1.29 is 17.9 Å². The minimum atomic E-state index is -3.12. The first-order valence-electron chi connectivity index (χ1n) is 6.55. The molecule has 1 aliphatic rings. The highest BCUT2D eigenvalue weighted by molar-refractivity contribution is 7.88. The zero-order chi connectivity index (χ0) is 14.0. The van der Waals surface area contributed by atoms with E-state index in [9.17, 15) is 13.5 Å². The second-order valence-corrected chi connectivity index (χ2v) is 7.30. The van der Waals surface area contributed by atoms with Crippen LogP contribution in [0, 0.1) is 12.8 Å². The fourth-order valence-corrected chi connectivity index (χ4v) is 3.65. The molecule has 0 bridgehead atoms. The topological polar surface area (TPSA) is 70.8 Å². The molecule has 6 heteroatoms. The molecule has 2 heterocycles. The van der Waals surface area contributed by atoms with Crippen molar-refractivity contribution in [3.8, 4) is 0 Å². The summed E-state index contributed by atoms with van der Waals surface area (Å²) >= 11 is 0. The van der Waals surface area contributed by atoms with Crippen LogP contribution in [-0.2, 0) is 10.0 Å². The summed E-state index contributed by atoms with van der Waals surface area (Å²) in [6.45, 7) is 2.92. The van der Waals surface area contributed by atoms with Gasteiger partial charge in [-0.15, -0.1) is 0 Å². The maximum absolute atomic E-state index is 11.5. The third-order valence-electron chi connectivity index (χ3n) is 3.77. The van der Waals surface area contributed by atoms with Crippen LogP contribution >= 0.6 is 0 Å². The molecule has 2 unspecified atom stereocenters. The zero-order valence-electron chi connectivity index (χ0n) is 11.4. The van der Waals surface area contributed by atoms with Gasteiger partial charge in [0.2, 0.25) is 10.0 Å². The Bertz CT molecular complexity index is 523. The average Bonchev–Trinajstić information content (AvgIpc) is 2.75. The van der Waals surface area contributed by atoms with Gasteiger partial charge in [0, 0.05) is 18.7 Å². The smallest absolute Gasteiger partial charge is 0.211 e.